The molecule has 1 aromatic rings. The molecule has 1 N–H and O–H groups in total. The van der Waals surface area contributed by atoms with Gasteiger partial charge in [0.05, 0.1) is 0 Å². The highest BCUT2D eigenvalue weighted by Gasteiger charge is 2.23. The minimum atomic E-state index is 0.232. The Morgan fingerprint density at radius 1 is 1.19 bits per heavy atom. The van der Waals surface area contributed by atoms with Crippen LogP contribution in [0.25, 0.3) is 0 Å². The van der Waals surface area contributed by atoms with Crippen molar-refractivity contribution in [3.05, 3.63) is 0 Å². The van der Waals surface area contributed by atoms with E-state index in [1.54, 1.807) is 0 Å². The molecule has 2 atom stereocenters. The molecular weight excluding hydrogens is 266 g/mol. The van der Waals surface area contributed by atoms with Crippen LogP contribution < -0.4 is 15.0 Å². The molecule has 0 aliphatic heterocycles. The zero-order valence-electron chi connectivity index (χ0n) is 13.6. The van der Waals surface area contributed by atoms with E-state index in [-0.39, 0.29) is 6.10 Å². The van der Waals surface area contributed by atoms with Gasteiger partial charge in [0.25, 0.3) is 0 Å². The van der Waals surface area contributed by atoms with Crippen molar-refractivity contribution in [2.45, 2.75) is 52.1 Å². The fraction of sp³-hybridized carbons (Fsp3) is 0.800. The Labute approximate surface area is 127 Å². The zero-order chi connectivity index (χ0) is 15.2. The van der Waals surface area contributed by atoms with Gasteiger partial charge in [-0.3, -0.25) is 0 Å². The molecule has 0 saturated heterocycles. The van der Waals surface area contributed by atoms with Crippen LogP contribution in [0.2, 0.25) is 0 Å². The predicted octanol–water partition coefficient (Wildman–Crippen LogP) is 2.72. The molecule has 1 saturated carbocycles. The molecule has 6 nitrogen and oxygen atoms in total. The summed E-state index contributed by atoms with van der Waals surface area (Å²) in [4.78, 5) is 15.0. The van der Waals surface area contributed by atoms with E-state index < -0.39 is 0 Å². The second kappa shape index (κ2) is 7.43. The molecule has 1 aliphatic rings. The van der Waals surface area contributed by atoms with Gasteiger partial charge < -0.3 is 15.0 Å². The van der Waals surface area contributed by atoms with E-state index >= 15 is 0 Å². The highest BCUT2D eigenvalue weighted by Crippen LogP contribution is 2.29. The molecule has 0 radical (unpaired) electrons. The van der Waals surface area contributed by atoms with E-state index in [2.05, 4.69) is 27.2 Å². The highest BCUT2D eigenvalue weighted by molar-refractivity contribution is 5.36. The van der Waals surface area contributed by atoms with E-state index in [1.165, 1.54) is 19.3 Å². The van der Waals surface area contributed by atoms with Crippen LogP contribution in [-0.2, 0) is 0 Å². The van der Waals surface area contributed by atoms with E-state index in [0.29, 0.717) is 17.9 Å². The third kappa shape index (κ3) is 4.44. The largest absolute Gasteiger partial charge is 0.460 e. The molecule has 0 aromatic carbocycles. The number of ether oxygens (including phenoxy) is 1. The van der Waals surface area contributed by atoms with Gasteiger partial charge in [-0.15, -0.1) is 0 Å². The number of aromatic nitrogens is 3. The topological polar surface area (TPSA) is 63.2 Å². The van der Waals surface area contributed by atoms with Gasteiger partial charge in [-0.1, -0.05) is 19.8 Å². The van der Waals surface area contributed by atoms with Gasteiger partial charge in [-0.25, -0.2) is 0 Å². The van der Waals surface area contributed by atoms with Gasteiger partial charge in [-0.05, 0) is 32.1 Å². The molecule has 1 aromatic heterocycles. The highest BCUT2D eigenvalue weighted by atomic mass is 16.5. The van der Waals surface area contributed by atoms with Gasteiger partial charge in [-0.2, -0.15) is 15.0 Å². The summed E-state index contributed by atoms with van der Waals surface area (Å²) < 4.78 is 6.04. The Kier molecular flexibility index (Phi) is 5.59. The maximum atomic E-state index is 6.04. The molecule has 0 spiro atoms. The number of nitrogens with one attached hydrogen (secondary N) is 1. The summed E-state index contributed by atoms with van der Waals surface area (Å²) in [5, 5.41) is 3.13. The van der Waals surface area contributed by atoms with Crippen molar-refractivity contribution < 1.29 is 4.74 Å². The Morgan fingerprint density at radius 2 is 2.00 bits per heavy atom. The van der Waals surface area contributed by atoms with E-state index in [9.17, 15) is 0 Å². The van der Waals surface area contributed by atoms with Gasteiger partial charge in [0.15, 0.2) is 0 Å². The van der Waals surface area contributed by atoms with Crippen molar-refractivity contribution in [3.8, 4) is 6.01 Å². The zero-order valence-corrected chi connectivity index (χ0v) is 13.6. The average Bonchev–Trinajstić information content (AvgIpc) is 2.47. The van der Waals surface area contributed by atoms with Gasteiger partial charge in [0, 0.05) is 20.6 Å². The summed E-state index contributed by atoms with van der Waals surface area (Å²) in [7, 11) is 3.84. The summed E-state index contributed by atoms with van der Waals surface area (Å²) in [6, 6.07) is 0.436. The van der Waals surface area contributed by atoms with Crippen LogP contribution in [0, 0.1) is 5.92 Å². The van der Waals surface area contributed by atoms with Crippen LogP contribution in [0.5, 0.6) is 6.01 Å². The lowest BCUT2D eigenvalue weighted by molar-refractivity contribution is 0.111. The minimum absolute atomic E-state index is 0.232. The van der Waals surface area contributed by atoms with Crippen LogP contribution in [-0.4, -0.2) is 41.7 Å². The Balaban J connectivity index is 2.10. The Bertz CT molecular complexity index is 452. The van der Waals surface area contributed by atoms with Crippen molar-refractivity contribution in [2.24, 2.45) is 5.92 Å². The molecule has 2 unspecified atom stereocenters. The molecule has 1 aliphatic carbocycles. The standard InChI is InChI=1S/C15H27N5O/c1-5-11-8-7-9-12(10-11)21-15-18-13(16-6-2)17-14(19-15)20(3)4/h11-12H,5-10H2,1-4H3,(H,16,17,18,19). The summed E-state index contributed by atoms with van der Waals surface area (Å²) in [5.74, 6) is 1.97. The first kappa shape index (κ1) is 15.8. The van der Waals surface area contributed by atoms with Crippen molar-refractivity contribution >= 4 is 11.9 Å². The summed E-state index contributed by atoms with van der Waals surface area (Å²) in [6.07, 6.45) is 6.21. The SMILES string of the molecule is CCNc1nc(OC2CCCC(CC)C2)nc(N(C)C)n1. The maximum absolute atomic E-state index is 6.04. The summed E-state index contributed by atoms with van der Waals surface area (Å²) in [6.45, 7) is 5.05. The monoisotopic (exact) mass is 293 g/mol. The van der Waals surface area contributed by atoms with Gasteiger partial charge in [0.1, 0.15) is 6.10 Å². The van der Waals surface area contributed by atoms with Crippen molar-refractivity contribution in [2.75, 3.05) is 30.9 Å². The van der Waals surface area contributed by atoms with Crippen LogP contribution >= 0.6 is 0 Å². The van der Waals surface area contributed by atoms with Crippen LogP contribution in [0.3, 0.4) is 0 Å². The fourth-order valence-electron chi connectivity index (χ4n) is 2.70. The lowest BCUT2D eigenvalue weighted by Crippen LogP contribution is -2.26. The maximum Gasteiger partial charge on any atom is 0.323 e. The Hall–Kier alpha value is -1.59. The fourth-order valence-corrected chi connectivity index (χ4v) is 2.70. The van der Waals surface area contributed by atoms with E-state index in [0.717, 1.165) is 25.3 Å². The minimum Gasteiger partial charge on any atom is -0.460 e. The first-order valence-electron chi connectivity index (χ1n) is 7.96. The molecule has 0 bridgehead atoms. The normalized spacial score (nSPS) is 21.9. The lowest BCUT2D eigenvalue weighted by atomic mass is 9.86. The number of nitrogens with zero attached hydrogens (tertiary/aromatic N) is 4. The molecule has 118 valence electrons. The smallest absolute Gasteiger partial charge is 0.323 e. The third-order valence-corrected chi connectivity index (χ3v) is 3.92. The van der Waals surface area contributed by atoms with Crippen molar-refractivity contribution in [3.63, 3.8) is 0 Å². The molecule has 0 amide bonds. The third-order valence-electron chi connectivity index (χ3n) is 3.92. The number of hydrogen-bond donors (Lipinski definition) is 1. The molecule has 21 heavy (non-hydrogen) atoms. The number of anilines is 2. The van der Waals surface area contributed by atoms with Crippen LogP contribution in [0.15, 0.2) is 0 Å². The van der Waals surface area contributed by atoms with E-state index in [4.69, 9.17) is 4.74 Å². The number of rotatable bonds is 6. The molecular formula is C15H27N5O. The van der Waals surface area contributed by atoms with Crippen molar-refractivity contribution in [1.82, 2.24) is 15.0 Å². The second-order valence-electron chi connectivity index (χ2n) is 5.85. The molecule has 1 fully saturated rings. The van der Waals surface area contributed by atoms with Gasteiger partial charge in [0.2, 0.25) is 11.9 Å². The first-order chi connectivity index (χ1) is 10.1. The molecule has 1 heterocycles. The molecule has 2 rings (SSSR count). The lowest BCUT2D eigenvalue weighted by Gasteiger charge is -2.28. The summed E-state index contributed by atoms with van der Waals surface area (Å²) >= 11 is 0. The van der Waals surface area contributed by atoms with Crippen LogP contribution in [0.4, 0.5) is 11.9 Å². The van der Waals surface area contributed by atoms with Gasteiger partial charge >= 0.3 is 6.01 Å². The Morgan fingerprint density at radius 3 is 2.67 bits per heavy atom. The first-order valence-corrected chi connectivity index (χ1v) is 7.96. The predicted molar refractivity (Wildman–Crippen MR) is 85.0 cm³/mol. The number of hydrogen-bond acceptors (Lipinski definition) is 6. The van der Waals surface area contributed by atoms with Crippen LogP contribution in [0.1, 0.15) is 46.0 Å². The van der Waals surface area contributed by atoms with E-state index in [1.807, 2.05) is 25.9 Å². The quantitative estimate of drug-likeness (QED) is 0.870. The summed E-state index contributed by atoms with van der Waals surface area (Å²) in [5.41, 5.74) is 0. The average molecular weight is 293 g/mol. The second-order valence-corrected chi connectivity index (χ2v) is 5.85. The van der Waals surface area contributed by atoms with Crippen molar-refractivity contribution in [1.29, 1.82) is 0 Å². The molecule has 6 heteroatoms.